The van der Waals surface area contributed by atoms with E-state index in [-0.39, 0.29) is 18.4 Å². The van der Waals surface area contributed by atoms with E-state index < -0.39 is 0 Å². The molecule has 3 aromatic carbocycles. The monoisotopic (exact) mass is 683 g/mol. The van der Waals surface area contributed by atoms with E-state index in [0.29, 0.717) is 47.4 Å². The molecular formula is C38H42ClN5O5. The fraction of sp³-hybridized carbons (Fsp3) is 0.368. The topological polar surface area (TPSA) is 79.7 Å². The summed E-state index contributed by atoms with van der Waals surface area (Å²) in [6.45, 7) is 9.49. The van der Waals surface area contributed by atoms with E-state index in [0.717, 1.165) is 80.6 Å². The Kier molecular flexibility index (Phi) is 9.91. The molecule has 256 valence electrons. The molecule has 11 heteroatoms. The first-order chi connectivity index (χ1) is 23.9. The van der Waals surface area contributed by atoms with Crippen LogP contribution in [0.15, 0.2) is 72.8 Å². The Morgan fingerprint density at radius 1 is 0.776 bits per heavy atom. The minimum Gasteiger partial charge on any atom is -0.497 e. The second-order valence-electron chi connectivity index (χ2n) is 12.7. The van der Waals surface area contributed by atoms with Crippen LogP contribution in [0.25, 0.3) is 11.1 Å². The number of methoxy groups -OCH3 is 2. The van der Waals surface area contributed by atoms with Gasteiger partial charge in [-0.25, -0.2) is 0 Å². The van der Waals surface area contributed by atoms with Crippen molar-refractivity contribution in [1.82, 2.24) is 19.3 Å². The van der Waals surface area contributed by atoms with E-state index in [9.17, 15) is 9.59 Å². The first kappa shape index (κ1) is 33.2. The van der Waals surface area contributed by atoms with Gasteiger partial charge in [0.2, 0.25) is 0 Å². The average molecular weight is 684 g/mol. The van der Waals surface area contributed by atoms with Crippen molar-refractivity contribution in [2.45, 2.75) is 13.1 Å². The quantitative estimate of drug-likeness (QED) is 0.255. The van der Waals surface area contributed by atoms with Gasteiger partial charge in [0.05, 0.1) is 46.1 Å². The highest BCUT2D eigenvalue weighted by atomic mass is 35.5. The molecule has 3 aliphatic heterocycles. The predicted molar refractivity (Wildman–Crippen MR) is 190 cm³/mol. The number of halogens is 1. The van der Waals surface area contributed by atoms with Gasteiger partial charge in [0.1, 0.15) is 17.2 Å². The normalized spacial score (nSPS) is 16.9. The van der Waals surface area contributed by atoms with Crippen LogP contribution >= 0.6 is 11.6 Å². The lowest BCUT2D eigenvalue weighted by molar-refractivity contribution is 0.0292. The number of fused-ring (bicyclic) bond motifs is 2. The molecule has 4 aromatic rings. The van der Waals surface area contributed by atoms with Crippen LogP contribution in [0.3, 0.4) is 0 Å². The molecule has 0 radical (unpaired) electrons. The number of aromatic nitrogens is 1. The van der Waals surface area contributed by atoms with Crippen LogP contribution in [0.5, 0.6) is 11.5 Å². The Labute approximate surface area is 292 Å². The molecule has 10 nitrogen and oxygen atoms in total. The number of amides is 2. The Hall–Kier alpha value is -4.35. The summed E-state index contributed by atoms with van der Waals surface area (Å²) < 4.78 is 18.7. The third-order valence-electron chi connectivity index (χ3n) is 9.86. The van der Waals surface area contributed by atoms with Crippen molar-refractivity contribution < 1.29 is 23.8 Å². The third-order valence-corrected chi connectivity index (χ3v) is 10.2. The largest absolute Gasteiger partial charge is 0.497 e. The summed E-state index contributed by atoms with van der Waals surface area (Å²) in [4.78, 5) is 37.0. The molecule has 0 atom stereocenters. The molecule has 0 unspecified atom stereocenters. The van der Waals surface area contributed by atoms with E-state index >= 15 is 0 Å². The molecular weight excluding hydrogens is 642 g/mol. The number of morpholine rings is 1. The van der Waals surface area contributed by atoms with Crippen LogP contribution in [0.2, 0.25) is 5.02 Å². The van der Waals surface area contributed by atoms with Gasteiger partial charge in [0.15, 0.2) is 0 Å². The molecule has 0 spiro atoms. The number of hydrogen-bond donors (Lipinski definition) is 0. The van der Waals surface area contributed by atoms with Gasteiger partial charge in [-0.1, -0.05) is 41.9 Å². The lowest BCUT2D eigenvalue weighted by Crippen LogP contribution is -2.51. The molecule has 4 heterocycles. The van der Waals surface area contributed by atoms with E-state index in [2.05, 4.69) is 14.4 Å². The van der Waals surface area contributed by atoms with E-state index in [1.54, 1.807) is 31.3 Å². The standard InChI is InChI=1S/C38H42ClN5O5/c1-47-30-8-5-7-27(22-30)31-24-36(48-2)32(23-33(31)39)37(45)44-26-29-10-11-35(43(29)25-28-6-3-4-9-34(28)44)38(46)42-16-14-40(15-17-42)12-13-41-18-20-49-21-19-41/h3-11,22-24H,12-21,25-26H2,1-2H3. The van der Waals surface area contributed by atoms with Gasteiger partial charge in [-0.3, -0.25) is 19.4 Å². The first-order valence-corrected chi connectivity index (χ1v) is 17.2. The Morgan fingerprint density at radius 2 is 1.53 bits per heavy atom. The number of carbonyl (C=O) groups is 2. The maximum atomic E-state index is 14.4. The van der Waals surface area contributed by atoms with Gasteiger partial charge < -0.3 is 28.6 Å². The summed E-state index contributed by atoms with van der Waals surface area (Å²) in [5.74, 6) is 0.915. The molecule has 2 saturated heterocycles. The van der Waals surface area contributed by atoms with Crippen LogP contribution in [0.1, 0.15) is 32.1 Å². The number of nitrogens with zero attached hydrogens (tertiary/aromatic N) is 5. The summed E-state index contributed by atoms with van der Waals surface area (Å²) in [5, 5.41) is 0.429. The Morgan fingerprint density at radius 3 is 2.29 bits per heavy atom. The molecule has 7 rings (SSSR count). The van der Waals surface area contributed by atoms with Gasteiger partial charge in [0, 0.05) is 74.3 Å². The Balaban J connectivity index is 1.11. The number of hydrogen-bond acceptors (Lipinski definition) is 7. The van der Waals surface area contributed by atoms with Gasteiger partial charge in [-0.05, 0) is 53.6 Å². The van der Waals surface area contributed by atoms with Crippen LogP contribution in [0.4, 0.5) is 5.69 Å². The van der Waals surface area contributed by atoms with Crippen LogP contribution in [-0.4, -0.2) is 111 Å². The number of piperazine rings is 1. The second kappa shape index (κ2) is 14.6. The molecule has 3 aliphatic rings. The van der Waals surface area contributed by atoms with Crippen molar-refractivity contribution in [3.63, 3.8) is 0 Å². The minimum absolute atomic E-state index is 0.0259. The van der Waals surface area contributed by atoms with E-state index in [4.69, 9.17) is 25.8 Å². The van der Waals surface area contributed by atoms with Gasteiger partial charge >= 0.3 is 0 Å². The van der Waals surface area contributed by atoms with Crippen molar-refractivity contribution in [1.29, 1.82) is 0 Å². The lowest BCUT2D eigenvalue weighted by Gasteiger charge is -2.36. The lowest BCUT2D eigenvalue weighted by atomic mass is 10.0. The number of ether oxygens (including phenoxy) is 3. The SMILES string of the molecule is COc1cccc(-c2cc(OC)c(C(=O)N3Cc4ccc(C(=O)N5CCN(CCN6CCOCC6)CC5)n4Cc4ccccc43)cc2Cl)c1. The maximum absolute atomic E-state index is 14.4. The van der Waals surface area contributed by atoms with E-state index in [1.807, 2.05) is 65.6 Å². The summed E-state index contributed by atoms with van der Waals surface area (Å²) in [7, 11) is 3.17. The zero-order chi connectivity index (χ0) is 33.9. The predicted octanol–water partition coefficient (Wildman–Crippen LogP) is 5.12. The van der Waals surface area contributed by atoms with Gasteiger partial charge in [-0.2, -0.15) is 0 Å². The van der Waals surface area contributed by atoms with Gasteiger partial charge in [0.25, 0.3) is 11.8 Å². The second-order valence-corrected chi connectivity index (χ2v) is 13.1. The third kappa shape index (κ3) is 6.91. The van der Waals surface area contributed by atoms with Crippen molar-refractivity contribution in [3.05, 3.63) is 100 Å². The first-order valence-electron chi connectivity index (χ1n) is 16.9. The molecule has 0 aliphatic carbocycles. The maximum Gasteiger partial charge on any atom is 0.270 e. The van der Waals surface area contributed by atoms with Crippen LogP contribution in [0, 0.1) is 0 Å². The number of para-hydroxylation sites is 1. The Bertz CT molecular complexity index is 1830. The summed E-state index contributed by atoms with van der Waals surface area (Å²) in [5.41, 5.74) is 5.21. The molecule has 2 fully saturated rings. The number of rotatable bonds is 8. The minimum atomic E-state index is -0.237. The number of benzene rings is 3. The van der Waals surface area contributed by atoms with Crippen LogP contribution in [-0.2, 0) is 17.8 Å². The molecule has 0 N–H and O–H groups in total. The average Bonchev–Trinajstić information content (AvgIpc) is 3.46. The van der Waals surface area contributed by atoms with Crippen molar-refractivity contribution >= 4 is 29.1 Å². The summed E-state index contributed by atoms with van der Waals surface area (Å²) >= 11 is 6.84. The highest BCUT2D eigenvalue weighted by Crippen LogP contribution is 2.38. The summed E-state index contributed by atoms with van der Waals surface area (Å²) in [6, 6.07) is 22.8. The molecule has 2 amide bonds. The highest BCUT2D eigenvalue weighted by molar-refractivity contribution is 6.34. The van der Waals surface area contributed by atoms with Crippen molar-refractivity contribution in [3.8, 4) is 22.6 Å². The zero-order valence-corrected chi connectivity index (χ0v) is 28.8. The van der Waals surface area contributed by atoms with E-state index in [1.165, 1.54) is 0 Å². The van der Waals surface area contributed by atoms with Gasteiger partial charge in [-0.15, -0.1) is 0 Å². The smallest absolute Gasteiger partial charge is 0.270 e. The molecule has 1 aromatic heterocycles. The molecule has 49 heavy (non-hydrogen) atoms. The van der Waals surface area contributed by atoms with Crippen molar-refractivity contribution in [2.75, 3.05) is 84.7 Å². The highest BCUT2D eigenvalue weighted by Gasteiger charge is 2.31. The van der Waals surface area contributed by atoms with Crippen molar-refractivity contribution in [2.24, 2.45) is 0 Å². The summed E-state index contributed by atoms with van der Waals surface area (Å²) in [6.07, 6.45) is 0. The molecule has 0 saturated carbocycles. The fourth-order valence-electron chi connectivity index (χ4n) is 7.02. The number of anilines is 1. The molecule has 0 bridgehead atoms. The zero-order valence-electron chi connectivity index (χ0n) is 28.1. The fourth-order valence-corrected chi connectivity index (χ4v) is 7.29. The number of carbonyl (C=O) groups excluding carboxylic acids is 2. The van der Waals surface area contributed by atoms with Crippen LogP contribution < -0.4 is 14.4 Å².